The first-order chi connectivity index (χ1) is 19.1. The van der Waals surface area contributed by atoms with Crippen molar-refractivity contribution < 1.29 is 32.6 Å². The number of carboxylic acids is 1. The number of hydrogen-bond donors (Lipinski definition) is 3. The van der Waals surface area contributed by atoms with Crippen molar-refractivity contribution in [1.82, 2.24) is 0 Å². The topological polar surface area (TPSA) is 165 Å². The lowest BCUT2D eigenvalue weighted by Crippen LogP contribution is -2.20. The van der Waals surface area contributed by atoms with Gasteiger partial charge in [-0.3, -0.25) is 24.1 Å². The van der Waals surface area contributed by atoms with E-state index in [0.717, 1.165) is 23.2 Å². The Morgan fingerprint density at radius 1 is 1.23 bits per heavy atom. The van der Waals surface area contributed by atoms with E-state index in [0.29, 0.717) is 48.5 Å². The van der Waals surface area contributed by atoms with E-state index in [4.69, 9.17) is 10.5 Å². The number of fused-ring (bicyclic) bond motifs is 1. The molecule has 1 atom stereocenters. The Morgan fingerprint density at radius 2 is 2.02 bits per heavy atom. The summed E-state index contributed by atoms with van der Waals surface area (Å²) in [6, 6.07) is 11.6. The van der Waals surface area contributed by atoms with Crippen LogP contribution in [0.4, 0.5) is 5.69 Å². The van der Waals surface area contributed by atoms with Crippen LogP contribution in [0.25, 0.3) is 11.1 Å². The number of rotatable bonds is 13. The van der Waals surface area contributed by atoms with Crippen LogP contribution in [-0.4, -0.2) is 50.6 Å². The number of nitrogens with two attached hydrogens (primary N) is 1. The van der Waals surface area contributed by atoms with Crippen LogP contribution in [-0.2, 0) is 21.2 Å². The van der Waals surface area contributed by atoms with E-state index in [9.17, 15) is 27.9 Å². The largest absolute Gasteiger partial charge is 0.492 e. The van der Waals surface area contributed by atoms with Gasteiger partial charge in [-0.2, -0.15) is 0 Å². The number of thiophene rings is 1. The zero-order valence-electron chi connectivity index (χ0n) is 21.8. The maximum absolute atomic E-state index is 13.6. The maximum atomic E-state index is 13.6. The third kappa shape index (κ3) is 6.75. The number of ether oxygens (including phenoxy) is 1. The second-order valence-electron chi connectivity index (χ2n) is 9.40. The Bertz CT molecular complexity index is 1570. The number of ketones is 1. The minimum absolute atomic E-state index is 0.0718. The van der Waals surface area contributed by atoms with E-state index >= 15 is 0 Å². The summed E-state index contributed by atoms with van der Waals surface area (Å²) in [5.74, 6) is -1.88. The average molecular weight is 584 g/mol. The van der Waals surface area contributed by atoms with Crippen LogP contribution < -0.4 is 15.2 Å². The number of Topliss-reactive ketones (excluding diaryl/α,β-unsaturated/α-hetero) is 1. The lowest BCUT2D eigenvalue weighted by Gasteiger charge is -2.15. The van der Waals surface area contributed by atoms with Crippen molar-refractivity contribution in [2.45, 2.75) is 37.5 Å². The molecule has 10 nitrogen and oxygen atoms in total. The Hall–Kier alpha value is -4.03. The van der Waals surface area contributed by atoms with Gasteiger partial charge in [0.05, 0.1) is 28.9 Å². The van der Waals surface area contributed by atoms with Gasteiger partial charge in [0.15, 0.2) is 5.78 Å². The number of nitrogens with zero attached hydrogens (tertiary/aromatic N) is 1. The smallest absolute Gasteiger partial charge is 0.306 e. The molecule has 1 aliphatic heterocycles. The fourth-order valence-electron chi connectivity index (χ4n) is 4.46. The molecule has 1 aromatic heterocycles. The highest BCUT2D eigenvalue weighted by molar-refractivity contribution is 7.92. The molecular weight excluding hydrogens is 554 g/mol. The minimum atomic E-state index is -4.21. The molecule has 0 saturated heterocycles. The van der Waals surface area contributed by atoms with E-state index in [1.54, 1.807) is 36.6 Å². The zero-order chi connectivity index (χ0) is 28.9. The van der Waals surface area contributed by atoms with Gasteiger partial charge >= 0.3 is 5.97 Å². The average Bonchev–Trinajstić information content (AvgIpc) is 3.58. The molecule has 0 radical (unpaired) electrons. The molecule has 4 rings (SSSR count). The Morgan fingerprint density at radius 3 is 2.75 bits per heavy atom. The first kappa shape index (κ1) is 29.0. The molecule has 4 N–H and O–H groups in total. The monoisotopic (exact) mass is 583 g/mol. The molecule has 0 spiro atoms. The summed E-state index contributed by atoms with van der Waals surface area (Å²) >= 11 is 1.04. The van der Waals surface area contributed by atoms with Crippen molar-refractivity contribution in [3.8, 4) is 16.9 Å². The molecule has 3 aromatic rings. The maximum Gasteiger partial charge on any atom is 0.306 e. The van der Waals surface area contributed by atoms with Crippen molar-refractivity contribution in [3.05, 3.63) is 63.8 Å². The summed E-state index contributed by atoms with van der Waals surface area (Å²) in [5.41, 5.74) is 8.03. The fraction of sp³-hybridized carbons (Fsp3) is 0.286. The van der Waals surface area contributed by atoms with Crippen LogP contribution >= 0.6 is 11.3 Å². The SMILES string of the molecule is CC(N)=NCCC[C@H](CC(=O)c1sccc1NS(=O)(=O)c1cc(-c2cccc(C=O)c2)cc2c1OCC2)C(=O)O. The van der Waals surface area contributed by atoms with Gasteiger partial charge in [0.2, 0.25) is 0 Å². The summed E-state index contributed by atoms with van der Waals surface area (Å²) < 4.78 is 35.4. The van der Waals surface area contributed by atoms with Crippen molar-refractivity contribution in [1.29, 1.82) is 0 Å². The molecule has 0 amide bonds. The van der Waals surface area contributed by atoms with Gasteiger partial charge in [-0.25, -0.2) is 8.42 Å². The summed E-state index contributed by atoms with van der Waals surface area (Å²) in [6.45, 7) is 2.32. The number of hydrogen-bond acceptors (Lipinski definition) is 8. The van der Waals surface area contributed by atoms with E-state index < -0.39 is 27.7 Å². The number of amidine groups is 1. The van der Waals surface area contributed by atoms with Gasteiger partial charge in [-0.05, 0) is 66.1 Å². The Labute approximate surface area is 235 Å². The predicted molar refractivity (Wildman–Crippen MR) is 153 cm³/mol. The van der Waals surface area contributed by atoms with Crippen molar-refractivity contribution >= 4 is 50.9 Å². The van der Waals surface area contributed by atoms with E-state index in [-0.39, 0.29) is 34.1 Å². The van der Waals surface area contributed by atoms with Crippen molar-refractivity contribution in [2.75, 3.05) is 17.9 Å². The molecule has 0 saturated carbocycles. The van der Waals surface area contributed by atoms with Crippen LogP contribution in [0.1, 0.15) is 51.8 Å². The number of aliphatic imine (C=N–C) groups is 1. The van der Waals surface area contributed by atoms with Crippen LogP contribution in [0.15, 0.2) is 57.7 Å². The number of carbonyl (C=O) groups excluding carboxylic acids is 2. The number of nitrogens with one attached hydrogen (secondary N) is 1. The van der Waals surface area contributed by atoms with E-state index in [1.807, 2.05) is 6.07 Å². The quantitative estimate of drug-likeness (QED) is 0.0876. The number of carbonyl (C=O) groups is 3. The van der Waals surface area contributed by atoms with Gasteiger partial charge in [-0.1, -0.05) is 18.2 Å². The van der Waals surface area contributed by atoms with E-state index in [2.05, 4.69) is 9.71 Å². The molecule has 0 fully saturated rings. The lowest BCUT2D eigenvalue weighted by atomic mass is 9.96. The molecule has 1 aliphatic rings. The zero-order valence-corrected chi connectivity index (χ0v) is 23.4. The van der Waals surface area contributed by atoms with Crippen LogP contribution in [0.5, 0.6) is 5.75 Å². The molecule has 0 aliphatic carbocycles. The molecule has 40 heavy (non-hydrogen) atoms. The first-order valence-electron chi connectivity index (χ1n) is 12.6. The molecule has 2 heterocycles. The second kappa shape index (κ2) is 12.4. The third-order valence-electron chi connectivity index (χ3n) is 6.41. The summed E-state index contributed by atoms with van der Waals surface area (Å²) in [6.07, 6.45) is 1.63. The summed E-state index contributed by atoms with van der Waals surface area (Å²) in [7, 11) is -4.21. The van der Waals surface area contributed by atoms with Crippen LogP contribution in [0.2, 0.25) is 0 Å². The number of carboxylic acid groups (broad SMARTS) is 1. The van der Waals surface area contributed by atoms with E-state index in [1.165, 1.54) is 12.1 Å². The van der Waals surface area contributed by atoms with Crippen LogP contribution in [0.3, 0.4) is 0 Å². The second-order valence-corrected chi connectivity index (χ2v) is 12.0. The lowest BCUT2D eigenvalue weighted by molar-refractivity contribution is -0.141. The normalized spacial score (nSPS) is 13.8. The van der Waals surface area contributed by atoms with Crippen LogP contribution in [0, 0.1) is 5.92 Å². The molecular formula is C28H29N3O7S2. The van der Waals surface area contributed by atoms with Gasteiger partial charge < -0.3 is 15.6 Å². The third-order valence-corrected chi connectivity index (χ3v) is 8.74. The number of benzene rings is 2. The fourth-order valence-corrected chi connectivity index (χ4v) is 6.61. The Kier molecular flexibility index (Phi) is 9.00. The van der Waals surface area contributed by atoms with Gasteiger partial charge in [-0.15, -0.1) is 11.3 Å². The first-order valence-corrected chi connectivity index (χ1v) is 14.9. The number of anilines is 1. The molecule has 210 valence electrons. The highest BCUT2D eigenvalue weighted by Gasteiger charge is 2.30. The Balaban J connectivity index is 1.58. The number of sulfonamides is 1. The summed E-state index contributed by atoms with van der Waals surface area (Å²) in [5, 5.41) is 11.2. The highest BCUT2D eigenvalue weighted by Crippen LogP contribution is 2.39. The van der Waals surface area contributed by atoms with Gasteiger partial charge in [0.1, 0.15) is 16.9 Å². The molecule has 0 bridgehead atoms. The molecule has 12 heteroatoms. The number of aliphatic carboxylic acids is 1. The number of aldehydes is 1. The van der Waals surface area contributed by atoms with Gasteiger partial charge in [0.25, 0.3) is 10.0 Å². The predicted octanol–water partition coefficient (Wildman–Crippen LogP) is 4.39. The minimum Gasteiger partial charge on any atom is -0.492 e. The summed E-state index contributed by atoms with van der Waals surface area (Å²) in [4.78, 5) is 40.2. The standard InChI is InChI=1S/C28H29N3O7S2/c1-17(29)30-9-3-6-21(28(34)35)14-24(33)27-23(8-11-39-27)31-40(36,37)25-15-22(13-20-7-10-38-26(20)25)19-5-2-4-18(12-19)16-32/h2,4-5,8,11-13,15-16,21,31H,3,6-7,9-10,14H2,1H3,(H2,29,30)(H,34,35)/t21-/m1/s1. The molecule has 0 unspecified atom stereocenters. The van der Waals surface area contributed by atoms with Gasteiger partial charge in [0, 0.05) is 24.9 Å². The highest BCUT2D eigenvalue weighted by atomic mass is 32.2. The van der Waals surface area contributed by atoms with Crippen molar-refractivity contribution in [2.24, 2.45) is 16.6 Å². The van der Waals surface area contributed by atoms with Crippen molar-refractivity contribution in [3.63, 3.8) is 0 Å². The molecule has 2 aromatic carbocycles.